The molecule has 1 heterocycles. The monoisotopic (exact) mass is 216 g/mol. The van der Waals surface area contributed by atoms with Crippen molar-refractivity contribution in [3.8, 4) is 0 Å². The second kappa shape index (κ2) is 5.09. The molecule has 3 N–H and O–H groups in total. The van der Waals surface area contributed by atoms with Crippen LogP contribution in [0, 0.1) is 0 Å². The third-order valence-electron chi connectivity index (χ3n) is 2.50. The molecular formula is C9H16N2O4. The van der Waals surface area contributed by atoms with Gasteiger partial charge >= 0.3 is 5.97 Å². The number of carbonyl (C=O) groups excluding carboxylic acids is 2. The van der Waals surface area contributed by atoms with Crippen LogP contribution in [0.5, 0.6) is 0 Å². The molecule has 1 aliphatic rings. The van der Waals surface area contributed by atoms with Crippen molar-refractivity contribution in [3.05, 3.63) is 0 Å². The number of aliphatic hydroxyl groups is 1. The average Bonchev–Trinajstić information content (AvgIpc) is 2.55. The molecule has 1 fully saturated rings. The fraction of sp³-hybridized carbons (Fsp3) is 0.778. The summed E-state index contributed by atoms with van der Waals surface area (Å²) in [6.45, 7) is 0.763. The minimum absolute atomic E-state index is 0.181. The summed E-state index contributed by atoms with van der Waals surface area (Å²) < 4.78 is 4.61. The van der Waals surface area contributed by atoms with E-state index in [1.54, 1.807) is 4.90 Å². The van der Waals surface area contributed by atoms with Crippen LogP contribution in [0.1, 0.15) is 12.8 Å². The first-order chi connectivity index (χ1) is 7.04. The number of ether oxygens (including phenoxy) is 1. The molecule has 6 heteroatoms. The fourth-order valence-corrected chi connectivity index (χ4v) is 1.76. The molecule has 0 aliphatic carbocycles. The molecule has 86 valence electrons. The number of nitrogens with zero attached hydrogens (tertiary/aromatic N) is 1. The van der Waals surface area contributed by atoms with Crippen molar-refractivity contribution in [1.29, 1.82) is 0 Å². The molecule has 0 radical (unpaired) electrons. The third-order valence-corrected chi connectivity index (χ3v) is 2.50. The quantitative estimate of drug-likeness (QED) is 0.556. The van der Waals surface area contributed by atoms with Crippen molar-refractivity contribution in [2.24, 2.45) is 5.73 Å². The summed E-state index contributed by atoms with van der Waals surface area (Å²) in [5.74, 6) is -0.795. The lowest BCUT2D eigenvalue weighted by atomic mass is 10.2. The van der Waals surface area contributed by atoms with E-state index in [1.807, 2.05) is 0 Å². The van der Waals surface area contributed by atoms with Crippen LogP contribution in [0.3, 0.4) is 0 Å². The first kappa shape index (κ1) is 11.9. The van der Waals surface area contributed by atoms with Crippen molar-refractivity contribution in [1.82, 2.24) is 4.90 Å². The lowest BCUT2D eigenvalue weighted by molar-refractivity contribution is -0.146. The summed E-state index contributed by atoms with van der Waals surface area (Å²) >= 11 is 0. The number of β-amino-alcohol motifs (C(OH)–C–C–N with tert-alkyl or cyclic N) is 1. The van der Waals surface area contributed by atoms with Gasteiger partial charge in [-0.15, -0.1) is 0 Å². The van der Waals surface area contributed by atoms with Gasteiger partial charge in [-0.2, -0.15) is 0 Å². The van der Waals surface area contributed by atoms with E-state index in [0.717, 1.165) is 0 Å². The Hall–Kier alpha value is -1.14. The number of amides is 1. The number of likely N-dealkylation sites (tertiary alicyclic amines) is 1. The molecule has 0 bridgehead atoms. The number of rotatable bonds is 4. The lowest BCUT2D eigenvalue weighted by Crippen LogP contribution is -2.38. The van der Waals surface area contributed by atoms with Crippen LogP contribution in [0.25, 0.3) is 0 Å². The van der Waals surface area contributed by atoms with E-state index in [0.29, 0.717) is 19.5 Å². The Morgan fingerprint density at radius 1 is 1.60 bits per heavy atom. The zero-order valence-electron chi connectivity index (χ0n) is 8.68. The Labute approximate surface area is 88.0 Å². The number of primary amides is 1. The van der Waals surface area contributed by atoms with Crippen LogP contribution in [0.4, 0.5) is 0 Å². The lowest BCUT2D eigenvalue weighted by Gasteiger charge is -2.20. The highest BCUT2D eigenvalue weighted by Crippen LogP contribution is 2.18. The highest BCUT2D eigenvalue weighted by atomic mass is 16.5. The van der Waals surface area contributed by atoms with Gasteiger partial charge in [0.1, 0.15) is 6.04 Å². The minimum atomic E-state index is -0.540. The Bertz CT molecular complexity index is 256. The molecule has 15 heavy (non-hydrogen) atoms. The molecule has 0 aromatic rings. The van der Waals surface area contributed by atoms with Gasteiger partial charge in [0.2, 0.25) is 5.91 Å². The van der Waals surface area contributed by atoms with E-state index in [9.17, 15) is 14.7 Å². The number of carbonyl (C=O) groups is 2. The second-order valence-corrected chi connectivity index (χ2v) is 3.64. The number of hydrogen-bond acceptors (Lipinski definition) is 5. The molecule has 1 amide bonds. The van der Waals surface area contributed by atoms with Crippen molar-refractivity contribution in [2.75, 3.05) is 20.2 Å². The molecule has 0 spiro atoms. The van der Waals surface area contributed by atoms with Gasteiger partial charge in [-0.05, 0) is 0 Å². The fourth-order valence-electron chi connectivity index (χ4n) is 1.76. The Balaban J connectivity index is 2.52. The van der Waals surface area contributed by atoms with E-state index < -0.39 is 18.1 Å². The van der Waals surface area contributed by atoms with Crippen LogP contribution in [-0.2, 0) is 14.3 Å². The van der Waals surface area contributed by atoms with Gasteiger partial charge in [0.25, 0.3) is 0 Å². The normalized spacial score (nSPS) is 26.5. The summed E-state index contributed by atoms with van der Waals surface area (Å²) in [6.07, 6.45) is -0.00645. The molecular weight excluding hydrogens is 200 g/mol. The van der Waals surface area contributed by atoms with Gasteiger partial charge in [-0.1, -0.05) is 0 Å². The van der Waals surface area contributed by atoms with Crippen LogP contribution in [0.2, 0.25) is 0 Å². The highest BCUT2D eigenvalue weighted by Gasteiger charge is 2.36. The molecule has 0 aromatic carbocycles. The number of methoxy groups -OCH3 is 1. The molecule has 2 atom stereocenters. The summed E-state index contributed by atoms with van der Waals surface area (Å²) in [5, 5.41) is 9.41. The molecule has 6 nitrogen and oxygen atoms in total. The van der Waals surface area contributed by atoms with Crippen molar-refractivity contribution >= 4 is 11.9 Å². The highest BCUT2D eigenvalue weighted by molar-refractivity contribution is 5.76. The minimum Gasteiger partial charge on any atom is -0.468 e. The maximum Gasteiger partial charge on any atom is 0.323 e. The number of esters is 1. The molecule has 1 aliphatic heterocycles. The summed E-state index contributed by atoms with van der Waals surface area (Å²) in [6, 6.07) is -0.454. The first-order valence-corrected chi connectivity index (χ1v) is 4.83. The number of aliphatic hydroxyl groups excluding tert-OH is 1. The van der Waals surface area contributed by atoms with E-state index in [4.69, 9.17) is 5.73 Å². The molecule has 0 aromatic heterocycles. The van der Waals surface area contributed by atoms with Crippen molar-refractivity contribution < 1.29 is 19.4 Å². The van der Waals surface area contributed by atoms with Gasteiger partial charge in [-0.3, -0.25) is 14.5 Å². The standard InChI is InChI=1S/C9H16N2O4/c1-15-9(14)7-4-6(12)5-11(7)3-2-8(10)13/h6-7,12H,2-5H2,1H3,(H2,10,13). The maximum atomic E-state index is 11.3. The molecule has 1 rings (SSSR count). The van der Waals surface area contributed by atoms with E-state index in [2.05, 4.69) is 4.74 Å². The Morgan fingerprint density at radius 2 is 2.27 bits per heavy atom. The van der Waals surface area contributed by atoms with Crippen molar-refractivity contribution in [3.63, 3.8) is 0 Å². The zero-order valence-corrected chi connectivity index (χ0v) is 8.68. The molecule has 0 saturated carbocycles. The summed E-state index contributed by atoms with van der Waals surface area (Å²) in [5.41, 5.74) is 5.01. The Morgan fingerprint density at radius 3 is 2.80 bits per heavy atom. The average molecular weight is 216 g/mol. The number of hydrogen-bond donors (Lipinski definition) is 2. The molecule has 2 unspecified atom stereocenters. The Kier molecular flexibility index (Phi) is 4.05. The van der Waals surface area contributed by atoms with Gasteiger partial charge in [0, 0.05) is 25.9 Å². The van der Waals surface area contributed by atoms with E-state index >= 15 is 0 Å². The SMILES string of the molecule is COC(=O)C1CC(O)CN1CCC(N)=O. The van der Waals surface area contributed by atoms with Crippen LogP contribution in [-0.4, -0.2) is 54.2 Å². The predicted molar refractivity (Wildman–Crippen MR) is 51.8 cm³/mol. The van der Waals surface area contributed by atoms with Gasteiger partial charge in [-0.25, -0.2) is 0 Å². The first-order valence-electron chi connectivity index (χ1n) is 4.83. The van der Waals surface area contributed by atoms with E-state index in [1.165, 1.54) is 7.11 Å². The second-order valence-electron chi connectivity index (χ2n) is 3.64. The van der Waals surface area contributed by atoms with Crippen LogP contribution in [0.15, 0.2) is 0 Å². The zero-order chi connectivity index (χ0) is 11.4. The maximum absolute atomic E-state index is 11.3. The van der Waals surface area contributed by atoms with Crippen molar-refractivity contribution in [2.45, 2.75) is 25.0 Å². The van der Waals surface area contributed by atoms with Crippen LogP contribution < -0.4 is 5.73 Å². The topological polar surface area (TPSA) is 92.9 Å². The van der Waals surface area contributed by atoms with Gasteiger partial charge in [0.15, 0.2) is 0 Å². The van der Waals surface area contributed by atoms with Gasteiger partial charge in [0.05, 0.1) is 13.2 Å². The predicted octanol–water partition coefficient (Wildman–Crippen LogP) is -1.53. The van der Waals surface area contributed by atoms with E-state index in [-0.39, 0.29) is 12.4 Å². The summed E-state index contributed by atoms with van der Waals surface area (Å²) in [7, 11) is 1.30. The number of nitrogens with two attached hydrogens (primary N) is 1. The van der Waals surface area contributed by atoms with Crippen LogP contribution >= 0.6 is 0 Å². The molecule has 1 saturated heterocycles. The largest absolute Gasteiger partial charge is 0.468 e. The van der Waals surface area contributed by atoms with Gasteiger partial charge < -0.3 is 15.6 Å². The third kappa shape index (κ3) is 3.17. The smallest absolute Gasteiger partial charge is 0.323 e. The summed E-state index contributed by atoms with van der Waals surface area (Å²) in [4.78, 5) is 23.6.